The molecular formula is C26H28N8O6S2. The number of oxime groups is 1. The zero-order valence-corrected chi connectivity index (χ0v) is 24.2. The van der Waals surface area contributed by atoms with Crippen molar-refractivity contribution < 1.29 is 33.6 Å². The molecule has 0 aromatic carbocycles. The molecule has 6 heterocycles. The highest BCUT2D eigenvalue weighted by Crippen LogP contribution is 2.40. The molecule has 0 aliphatic carbocycles. The minimum absolute atomic E-state index is 0.140. The second-order valence-electron chi connectivity index (χ2n) is 9.86. The Balaban J connectivity index is 1.23. The quantitative estimate of drug-likeness (QED) is 0.126. The number of hydrogen-bond donors (Lipinski definition) is 2. The Kier molecular flexibility index (Phi) is 7.85. The normalized spacial score (nSPS) is 21.3. The van der Waals surface area contributed by atoms with E-state index in [4.69, 9.17) is 15.3 Å². The van der Waals surface area contributed by atoms with Crippen LogP contribution in [-0.2, 0) is 37.0 Å². The molecule has 42 heavy (non-hydrogen) atoms. The number of morpholine rings is 1. The van der Waals surface area contributed by atoms with E-state index >= 15 is 0 Å². The van der Waals surface area contributed by atoms with Crippen molar-refractivity contribution in [2.45, 2.75) is 24.5 Å². The minimum atomic E-state index is -1.44. The van der Waals surface area contributed by atoms with Crippen molar-refractivity contribution in [3.63, 3.8) is 0 Å². The molecule has 3 N–H and O–H groups in total. The lowest BCUT2D eigenvalue weighted by Gasteiger charge is -2.50. The summed E-state index contributed by atoms with van der Waals surface area (Å²) in [5, 5.41) is 20.0. The van der Waals surface area contributed by atoms with Crippen molar-refractivity contribution in [3.05, 3.63) is 58.6 Å². The number of nitrogens with zero attached hydrogens (tertiary/aromatic N) is 6. The maximum absolute atomic E-state index is 13.2. The van der Waals surface area contributed by atoms with E-state index in [1.807, 2.05) is 35.2 Å². The van der Waals surface area contributed by atoms with Crippen LogP contribution in [0.4, 0.5) is 5.13 Å². The molecule has 3 aliphatic rings. The number of anilines is 1. The summed E-state index contributed by atoms with van der Waals surface area (Å²) in [5.74, 6) is -2.34. The van der Waals surface area contributed by atoms with Gasteiger partial charge in [0.1, 0.15) is 37.0 Å². The first kappa shape index (κ1) is 28.1. The number of carboxylic acid groups (broad SMARTS) is 1. The Labute approximate surface area is 248 Å². The highest BCUT2D eigenvalue weighted by Gasteiger charge is 2.53. The molecule has 0 saturated carbocycles. The number of carbonyl (C=O) groups is 3. The second-order valence-corrected chi connectivity index (χ2v) is 11.9. The number of rotatable bonds is 9. The highest BCUT2D eigenvalue weighted by molar-refractivity contribution is 8.00. The van der Waals surface area contributed by atoms with Gasteiger partial charge in [0.25, 0.3) is 17.5 Å². The van der Waals surface area contributed by atoms with Gasteiger partial charge in [-0.05, 0) is 6.07 Å². The first-order valence-electron chi connectivity index (χ1n) is 13.2. The number of hydrogen-bond acceptors (Lipinski definition) is 12. The van der Waals surface area contributed by atoms with Gasteiger partial charge in [-0.1, -0.05) is 11.2 Å². The topological polar surface area (TPSA) is 171 Å². The number of nitrogens with two attached hydrogens (primary N) is 1. The summed E-state index contributed by atoms with van der Waals surface area (Å²) in [6, 6.07) is 4.89. The first-order chi connectivity index (χ1) is 20.4. The molecule has 14 nitrogen and oxygen atoms in total. The van der Waals surface area contributed by atoms with Gasteiger partial charge in [0.15, 0.2) is 16.5 Å². The van der Waals surface area contributed by atoms with Crippen molar-refractivity contribution in [2.75, 3.05) is 44.9 Å². The van der Waals surface area contributed by atoms with Gasteiger partial charge in [-0.15, -0.1) is 23.1 Å². The maximum Gasteiger partial charge on any atom is 0.286 e. The number of fused-ring (bicyclic) bond motifs is 2. The van der Waals surface area contributed by atoms with Crippen LogP contribution in [0.2, 0.25) is 0 Å². The standard InChI is InChI=1S/C26H28N8O6S2/c1-39-30-19(17-14-42-26(27)28-17)22(35)29-20-23(36)34-21(25(37)38)15(13-41-24(20)34)10-32-12-16(11-31-6-8-40-9-7-31)33-5-3-2-4-18(32)33/h2-5,12,14,20,24H,6-11,13H2,1H3,(H3-,27,28,29,35,37,38)/b30-19-/t20-,24+/m1/s1. The summed E-state index contributed by atoms with van der Waals surface area (Å²) < 4.78 is 9.55. The number of ether oxygens (including phenoxy) is 1. The van der Waals surface area contributed by atoms with Crippen LogP contribution in [0, 0.1) is 0 Å². The molecule has 2 amide bonds. The third-order valence-corrected chi connectivity index (χ3v) is 9.30. The molecular weight excluding hydrogens is 584 g/mol. The van der Waals surface area contributed by atoms with Crippen LogP contribution in [0.1, 0.15) is 11.4 Å². The Morgan fingerprint density at radius 1 is 1.33 bits per heavy atom. The fraction of sp³-hybridized carbons (Fsp3) is 0.385. The number of aromatic nitrogens is 3. The average molecular weight is 613 g/mol. The van der Waals surface area contributed by atoms with Crippen LogP contribution in [0.5, 0.6) is 0 Å². The number of carbonyl (C=O) groups excluding carboxylic acids is 3. The highest BCUT2D eigenvalue weighted by atomic mass is 32.2. The van der Waals surface area contributed by atoms with Crippen molar-refractivity contribution in [2.24, 2.45) is 5.16 Å². The number of thiazole rings is 1. The summed E-state index contributed by atoms with van der Waals surface area (Å²) in [7, 11) is 1.28. The number of β-lactam (4-membered cyclic amide) rings is 1. The number of amides is 2. The van der Waals surface area contributed by atoms with Crippen LogP contribution < -0.4 is 20.7 Å². The number of nitrogen functional groups attached to an aromatic ring is 1. The van der Waals surface area contributed by atoms with E-state index in [0.29, 0.717) is 24.5 Å². The van der Waals surface area contributed by atoms with E-state index in [1.54, 1.807) is 5.38 Å². The molecule has 6 rings (SSSR count). The van der Waals surface area contributed by atoms with Crippen LogP contribution in [0.15, 0.2) is 52.4 Å². The van der Waals surface area contributed by atoms with Gasteiger partial charge in [-0.2, -0.15) is 4.40 Å². The Hall–Kier alpha value is -3.99. The minimum Gasteiger partial charge on any atom is -0.543 e. The van der Waals surface area contributed by atoms with Crippen molar-refractivity contribution in [3.8, 4) is 0 Å². The van der Waals surface area contributed by atoms with Gasteiger partial charge in [-0.3, -0.25) is 19.4 Å². The summed E-state index contributed by atoms with van der Waals surface area (Å²) in [5.41, 5.74) is 8.09. The number of imidazole rings is 1. The zero-order chi connectivity index (χ0) is 29.4. The smallest absolute Gasteiger partial charge is 0.286 e. The number of pyridine rings is 1. The Morgan fingerprint density at radius 2 is 2.14 bits per heavy atom. The van der Waals surface area contributed by atoms with E-state index in [9.17, 15) is 19.5 Å². The van der Waals surface area contributed by atoms with Gasteiger partial charge >= 0.3 is 0 Å². The average Bonchev–Trinajstić information content (AvgIpc) is 3.57. The first-order valence-corrected chi connectivity index (χ1v) is 15.1. The van der Waals surface area contributed by atoms with Gasteiger partial charge in [-0.25, -0.2) is 9.55 Å². The molecule has 3 aromatic rings. The van der Waals surface area contributed by atoms with E-state index in [-0.39, 0.29) is 28.8 Å². The Bertz CT molecular complexity index is 1610. The molecule has 0 radical (unpaired) electrons. The number of carboxylic acids is 1. The lowest BCUT2D eigenvalue weighted by atomic mass is 10.0. The van der Waals surface area contributed by atoms with Crippen molar-refractivity contribution in [1.29, 1.82) is 0 Å². The van der Waals surface area contributed by atoms with Gasteiger partial charge in [0.2, 0.25) is 0 Å². The third-order valence-electron chi connectivity index (χ3n) is 7.29. The van der Waals surface area contributed by atoms with E-state index in [0.717, 1.165) is 42.3 Å². The molecule has 220 valence electrons. The second kappa shape index (κ2) is 11.7. The lowest BCUT2D eigenvalue weighted by molar-refractivity contribution is -0.662. The number of nitrogens with one attached hydrogen (secondary N) is 1. The molecule has 3 aromatic heterocycles. The lowest BCUT2D eigenvalue weighted by Crippen LogP contribution is -2.71. The van der Waals surface area contributed by atoms with Crippen molar-refractivity contribution >= 4 is 57.4 Å². The SMILES string of the molecule is CO/N=C(\C(=O)N[C@@H]1C(=O)N2C(C(=O)[O-])=C(C[n+]3cc(CN4CCOCC4)n4ccccc43)CS[C@@H]12)c1csc(N)n1. The molecule has 0 spiro atoms. The largest absolute Gasteiger partial charge is 0.543 e. The molecule has 0 unspecified atom stereocenters. The fourth-order valence-electron chi connectivity index (χ4n) is 5.35. The fourth-order valence-corrected chi connectivity index (χ4v) is 7.23. The van der Waals surface area contributed by atoms with Gasteiger partial charge in [0.05, 0.1) is 37.6 Å². The number of thioether (sulfide) groups is 1. The van der Waals surface area contributed by atoms with E-state index in [2.05, 4.69) is 24.8 Å². The summed E-state index contributed by atoms with van der Waals surface area (Å²) in [6.07, 6.45) is 4.00. The molecule has 3 aliphatic heterocycles. The molecule has 2 saturated heterocycles. The molecule has 16 heteroatoms. The third kappa shape index (κ3) is 5.21. The van der Waals surface area contributed by atoms with Crippen molar-refractivity contribution in [1.82, 2.24) is 24.5 Å². The monoisotopic (exact) mass is 612 g/mol. The summed E-state index contributed by atoms with van der Waals surface area (Å²) in [6.45, 7) is 4.03. The van der Waals surface area contributed by atoms with E-state index in [1.165, 1.54) is 23.8 Å². The van der Waals surface area contributed by atoms with E-state index < -0.39 is 29.2 Å². The van der Waals surface area contributed by atoms with Crippen LogP contribution in [-0.4, -0.2) is 93.3 Å². The predicted octanol–water partition coefficient (Wildman–Crippen LogP) is -1.45. The zero-order valence-electron chi connectivity index (χ0n) is 22.6. The molecule has 2 atom stereocenters. The van der Waals surface area contributed by atoms with Gasteiger partial charge < -0.3 is 30.5 Å². The van der Waals surface area contributed by atoms with Crippen LogP contribution in [0.25, 0.3) is 5.65 Å². The van der Waals surface area contributed by atoms with Crippen LogP contribution >= 0.6 is 23.1 Å². The summed E-state index contributed by atoms with van der Waals surface area (Å²) in [4.78, 5) is 51.0. The molecule has 0 bridgehead atoms. The molecule has 2 fully saturated rings. The van der Waals surface area contributed by atoms with Gasteiger partial charge in [0, 0.05) is 35.9 Å². The predicted molar refractivity (Wildman–Crippen MR) is 151 cm³/mol. The van der Waals surface area contributed by atoms with Crippen LogP contribution in [0.3, 0.4) is 0 Å². The number of aliphatic carboxylic acids is 1. The Morgan fingerprint density at radius 3 is 2.86 bits per heavy atom. The summed E-state index contributed by atoms with van der Waals surface area (Å²) >= 11 is 2.51. The maximum atomic E-state index is 13.2.